The van der Waals surface area contributed by atoms with E-state index in [-0.39, 0.29) is 11.6 Å². The largest absolute Gasteiger partial charge is 0.410 e. The van der Waals surface area contributed by atoms with E-state index in [0.717, 1.165) is 25.9 Å². The average molecular weight is 199 g/mol. The zero-order valence-corrected chi connectivity index (χ0v) is 8.42. The van der Waals surface area contributed by atoms with E-state index in [1.54, 1.807) is 0 Å². The van der Waals surface area contributed by atoms with Gasteiger partial charge >= 0.3 is 0 Å². The Morgan fingerprint density at radius 2 is 2.21 bits per heavy atom. The standard InChI is InChI=1S/C9H17N3O2/c1-7(12-14)9(13)11-6-8-2-4-10-5-3-8/h8,10,14H,2-6H2,1H3,(H,11,13)/b12-7-. The molecule has 0 aromatic rings. The number of amides is 1. The Morgan fingerprint density at radius 3 is 2.79 bits per heavy atom. The van der Waals surface area contributed by atoms with Crippen LogP contribution in [0.25, 0.3) is 0 Å². The van der Waals surface area contributed by atoms with Crippen molar-refractivity contribution in [2.45, 2.75) is 19.8 Å². The number of nitrogens with one attached hydrogen (secondary N) is 2. The SMILES string of the molecule is C/C(=N/O)C(=O)NCC1CCNCC1. The highest BCUT2D eigenvalue weighted by Crippen LogP contribution is 2.09. The predicted molar refractivity (Wildman–Crippen MR) is 53.5 cm³/mol. The van der Waals surface area contributed by atoms with Gasteiger partial charge in [-0.3, -0.25) is 4.79 Å². The maximum absolute atomic E-state index is 11.2. The van der Waals surface area contributed by atoms with E-state index in [2.05, 4.69) is 15.8 Å². The summed E-state index contributed by atoms with van der Waals surface area (Å²) in [5.74, 6) is 0.262. The van der Waals surface area contributed by atoms with Crippen LogP contribution in [0.4, 0.5) is 0 Å². The van der Waals surface area contributed by atoms with Crippen LogP contribution in [0.5, 0.6) is 0 Å². The lowest BCUT2D eigenvalue weighted by atomic mass is 9.98. The lowest BCUT2D eigenvalue weighted by Gasteiger charge is -2.22. The van der Waals surface area contributed by atoms with E-state index < -0.39 is 0 Å². The zero-order valence-electron chi connectivity index (χ0n) is 8.42. The van der Waals surface area contributed by atoms with E-state index in [1.807, 2.05) is 0 Å². The maximum atomic E-state index is 11.2. The molecule has 0 aromatic carbocycles. The first-order valence-corrected chi connectivity index (χ1v) is 4.91. The quantitative estimate of drug-likeness (QED) is 0.339. The van der Waals surface area contributed by atoms with E-state index in [1.165, 1.54) is 6.92 Å². The number of hydrogen-bond acceptors (Lipinski definition) is 4. The molecule has 80 valence electrons. The molecular weight excluding hydrogens is 182 g/mol. The molecule has 1 fully saturated rings. The van der Waals surface area contributed by atoms with Gasteiger partial charge in [-0.05, 0) is 38.8 Å². The van der Waals surface area contributed by atoms with Crippen molar-refractivity contribution in [3.63, 3.8) is 0 Å². The first kappa shape index (κ1) is 11.0. The summed E-state index contributed by atoms with van der Waals surface area (Å²) in [5.41, 5.74) is 0.110. The molecule has 0 atom stereocenters. The molecule has 1 aliphatic heterocycles. The normalized spacial score (nSPS) is 19.4. The van der Waals surface area contributed by atoms with Gasteiger partial charge in [0.25, 0.3) is 5.91 Å². The van der Waals surface area contributed by atoms with Crippen LogP contribution < -0.4 is 10.6 Å². The molecule has 1 saturated heterocycles. The van der Waals surface area contributed by atoms with Gasteiger partial charge < -0.3 is 15.8 Å². The van der Waals surface area contributed by atoms with Crippen LogP contribution in [0.15, 0.2) is 5.16 Å². The number of rotatable bonds is 3. The lowest BCUT2D eigenvalue weighted by Crippen LogP contribution is -2.38. The summed E-state index contributed by atoms with van der Waals surface area (Å²) in [4.78, 5) is 11.2. The molecule has 5 heteroatoms. The summed E-state index contributed by atoms with van der Waals surface area (Å²) in [5, 5.41) is 17.2. The maximum Gasteiger partial charge on any atom is 0.268 e. The van der Waals surface area contributed by atoms with Gasteiger partial charge in [0.05, 0.1) is 0 Å². The molecule has 1 heterocycles. The molecule has 1 aliphatic rings. The molecule has 0 bridgehead atoms. The molecule has 0 aliphatic carbocycles. The fourth-order valence-electron chi connectivity index (χ4n) is 1.50. The van der Waals surface area contributed by atoms with Crippen molar-refractivity contribution in [3.8, 4) is 0 Å². The number of hydrogen-bond donors (Lipinski definition) is 3. The molecule has 0 radical (unpaired) electrons. The van der Waals surface area contributed by atoms with E-state index in [0.29, 0.717) is 12.5 Å². The Hall–Kier alpha value is -1.10. The number of nitrogens with zero attached hydrogens (tertiary/aromatic N) is 1. The smallest absolute Gasteiger partial charge is 0.268 e. The highest BCUT2D eigenvalue weighted by atomic mass is 16.4. The Bertz CT molecular complexity index is 222. The van der Waals surface area contributed by atoms with Crippen LogP contribution in [0.1, 0.15) is 19.8 Å². The van der Waals surface area contributed by atoms with Crippen molar-refractivity contribution in [1.82, 2.24) is 10.6 Å². The summed E-state index contributed by atoms with van der Waals surface area (Å²) in [6.45, 7) is 4.20. The topological polar surface area (TPSA) is 73.7 Å². The molecule has 1 amide bonds. The minimum atomic E-state index is -0.286. The van der Waals surface area contributed by atoms with Crippen molar-refractivity contribution in [1.29, 1.82) is 0 Å². The Morgan fingerprint density at radius 1 is 1.57 bits per heavy atom. The van der Waals surface area contributed by atoms with Crippen molar-refractivity contribution in [2.24, 2.45) is 11.1 Å². The van der Waals surface area contributed by atoms with Gasteiger partial charge in [0, 0.05) is 6.54 Å². The molecular formula is C9H17N3O2. The summed E-state index contributed by atoms with van der Waals surface area (Å²) in [6, 6.07) is 0. The third kappa shape index (κ3) is 3.33. The van der Waals surface area contributed by atoms with Crippen LogP contribution in [0.3, 0.4) is 0 Å². The number of piperidine rings is 1. The summed E-state index contributed by atoms with van der Waals surface area (Å²) in [6.07, 6.45) is 2.19. The second-order valence-corrected chi connectivity index (χ2v) is 3.59. The summed E-state index contributed by atoms with van der Waals surface area (Å²) >= 11 is 0. The average Bonchev–Trinajstić information content (AvgIpc) is 2.26. The van der Waals surface area contributed by atoms with E-state index >= 15 is 0 Å². The van der Waals surface area contributed by atoms with Crippen LogP contribution in [0, 0.1) is 5.92 Å². The van der Waals surface area contributed by atoms with Crippen LogP contribution in [0.2, 0.25) is 0 Å². The third-order valence-electron chi connectivity index (χ3n) is 2.49. The van der Waals surface area contributed by atoms with Crippen molar-refractivity contribution >= 4 is 11.6 Å². The van der Waals surface area contributed by atoms with Gasteiger partial charge in [-0.25, -0.2) is 0 Å². The first-order chi connectivity index (χ1) is 6.74. The van der Waals surface area contributed by atoms with Gasteiger partial charge in [0.2, 0.25) is 0 Å². The highest BCUT2D eigenvalue weighted by Gasteiger charge is 2.14. The fourth-order valence-corrected chi connectivity index (χ4v) is 1.50. The first-order valence-electron chi connectivity index (χ1n) is 4.91. The molecule has 0 aromatic heterocycles. The number of oxime groups is 1. The van der Waals surface area contributed by atoms with E-state index in [4.69, 9.17) is 5.21 Å². The Kier molecular flexibility index (Phi) is 4.39. The summed E-state index contributed by atoms with van der Waals surface area (Å²) < 4.78 is 0. The zero-order chi connectivity index (χ0) is 10.4. The van der Waals surface area contributed by atoms with Crippen molar-refractivity contribution in [2.75, 3.05) is 19.6 Å². The number of carbonyl (C=O) groups excluding carboxylic acids is 1. The second-order valence-electron chi connectivity index (χ2n) is 3.59. The molecule has 1 rings (SSSR count). The predicted octanol–water partition coefficient (Wildman–Crippen LogP) is -0.0477. The lowest BCUT2D eigenvalue weighted by molar-refractivity contribution is -0.115. The van der Waals surface area contributed by atoms with Crippen LogP contribution in [-0.4, -0.2) is 36.5 Å². The second kappa shape index (κ2) is 5.59. The van der Waals surface area contributed by atoms with Gasteiger partial charge in [-0.15, -0.1) is 0 Å². The third-order valence-corrected chi connectivity index (χ3v) is 2.49. The summed E-state index contributed by atoms with van der Waals surface area (Å²) in [7, 11) is 0. The molecule has 0 saturated carbocycles. The van der Waals surface area contributed by atoms with Crippen LogP contribution in [-0.2, 0) is 4.79 Å². The fraction of sp³-hybridized carbons (Fsp3) is 0.778. The number of carbonyl (C=O) groups is 1. The van der Waals surface area contributed by atoms with Crippen molar-refractivity contribution < 1.29 is 10.0 Å². The Labute approximate surface area is 83.6 Å². The molecule has 0 spiro atoms. The van der Waals surface area contributed by atoms with Gasteiger partial charge in [0.1, 0.15) is 5.71 Å². The van der Waals surface area contributed by atoms with Gasteiger partial charge in [0.15, 0.2) is 0 Å². The molecule has 0 unspecified atom stereocenters. The molecule has 5 nitrogen and oxygen atoms in total. The molecule has 14 heavy (non-hydrogen) atoms. The monoisotopic (exact) mass is 199 g/mol. The minimum absolute atomic E-state index is 0.110. The van der Waals surface area contributed by atoms with Gasteiger partial charge in [-0.2, -0.15) is 0 Å². The van der Waals surface area contributed by atoms with Crippen molar-refractivity contribution in [3.05, 3.63) is 0 Å². The highest BCUT2D eigenvalue weighted by molar-refractivity contribution is 6.37. The van der Waals surface area contributed by atoms with E-state index in [9.17, 15) is 4.79 Å². The molecule has 3 N–H and O–H groups in total. The Balaban J connectivity index is 2.22. The van der Waals surface area contributed by atoms with Gasteiger partial charge in [-0.1, -0.05) is 5.16 Å². The van der Waals surface area contributed by atoms with Crippen LogP contribution >= 0.6 is 0 Å². The minimum Gasteiger partial charge on any atom is -0.410 e.